The summed E-state index contributed by atoms with van der Waals surface area (Å²) in [7, 11) is 0. The smallest absolute Gasteiger partial charge is 0.273 e. The number of hydrogen-bond acceptors (Lipinski definition) is 3. The molecule has 1 aromatic carbocycles. The molecule has 4 nitrogen and oxygen atoms in total. The first-order chi connectivity index (χ1) is 11.1. The monoisotopic (exact) mass is 319 g/mol. The maximum Gasteiger partial charge on any atom is 0.273 e. The van der Waals surface area contributed by atoms with Gasteiger partial charge in [-0.25, -0.2) is 0 Å². The van der Waals surface area contributed by atoms with Gasteiger partial charge in [-0.05, 0) is 13.3 Å². The van der Waals surface area contributed by atoms with E-state index in [2.05, 4.69) is 6.92 Å². The Bertz CT molecular complexity index is 511. The van der Waals surface area contributed by atoms with E-state index in [1.54, 1.807) is 19.1 Å². The van der Waals surface area contributed by atoms with Crippen molar-refractivity contribution in [3.63, 3.8) is 0 Å². The summed E-state index contributed by atoms with van der Waals surface area (Å²) in [5.41, 5.74) is 1.08. The number of benzene rings is 1. The predicted molar refractivity (Wildman–Crippen MR) is 94.0 cm³/mol. The first-order valence-corrected chi connectivity index (χ1v) is 8.84. The highest BCUT2D eigenvalue weighted by molar-refractivity contribution is 5.96. The molecule has 0 N–H and O–H groups in total. The minimum Gasteiger partial charge on any atom is -0.294 e. The Morgan fingerprint density at radius 3 is 2.13 bits per heavy atom. The molecular formula is C19H29NO3. The van der Waals surface area contributed by atoms with Crippen molar-refractivity contribution in [1.29, 1.82) is 0 Å². The van der Waals surface area contributed by atoms with Crippen LogP contribution in [0.4, 0.5) is 5.69 Å². The number of rotatable bonds is 12. The molecule has 0 aliphatic heterocycles. The van der Waals surface area contributed by atoms with E-state index in [0.717, 1.165) is 12.8 Å². The molecule has 4 heteroatoms. The zero-order chi connectivity index (χ0) is 17.1. The van der Waals surface area contributed by atoms with Gasteiger partial charge in [-0.2, -0.15) is 0 Å². The van der Waals surface area contributed by atoms with E-state index in [4.69, 9.17) is 0 Å². The van der Waals surface area contributed by atoms with Crippen LogP contribution in [0.2, 0.25) is 0 Å². The van der Waals surface area contributed by atoms with E-state index in [1.165, 1.54) is 51.0 Å². The Kier molecular flexibility index (Phi) is 9.18. The number of Topliss-reactive ketones (excluding diaryl/α,β-unsaturated/α-hetero) is 1. The summed E-state index contributed by atoms with van der Waals surface area (Å²) in [4.78, 5) is 22.6. The molecule has 0 amide bonds. The quantitative estimate of drug-likeness (QED) is 0.205. The fraction of sp³-hybridized carbons (Fsp3) is 0.632. The lowest BCUT2D eigenvalue weighted by Crippen LogP contribution is -2.01. The first-order valence-electron chi connectivity index (χ1n) is 8.84. The van der Waals surface area contributed by atoms with Crippen molar-refractivity contribution in [3.05, 3.63) is 39.4 Å². The van der Waals surface area contributed by atoms with Crippen molar-refractivity contribution < 1.29 is 9.72 Å². The molecule has 0 aliphatic carbocycles. The highest BCUT2D eigenvalue weighted by atomic mass is 16.6. The Labute approximate surface area is 139 Å². The first kappa shape index (κ1) is 19.3. The number of nitro groups is 1. The normalized spacial score (nSPS) is 10.7. The number of nitro benzene ring substituents is 1. The highest BCUT2D eigenvalue weighted by Gasteiger charge is 2.14. The second-order valence-corrected chi connectivity index (χ2v) is 6.26. The molecule has 0 saturated heterocycles. The third-order valence-corrected chi connectivity index (χ3v) is 4.24. The number of carbonyl (C=O) groups excluding carboxylic acids is 1. The molecule has 0 fully saturated rings. The molecule has 0 aromatic heterocycles. The molecule has 0 saturated carbocycles. The van der Waals surface area contributed by atoms with Crippen LogP contribution in [0.25, 0.3) is 0 Å². The summed E-state index contributed by atoms with van der Waals surface area (Å²) in [6.45, 7) is 3.91. The van der Waals surface area contributed by atoms with Gasteiger partial charge in [0.15, 0.2) is 5.78 Å². The lowest BCUT2D eigenvalue weighted by Gasteiger charge is -2.04. The lowest BCUT2D eigenvalue weighted by atomic mass is 10.0. The molecular weight excluding hydrogens is 290 g/mol. The maximum absolute atomic E-state index is 12.1. The van der Waals surface area contributed by atoms with Crippen molar-refractivity contribution in [3.8, 4) is 0 Å². The summed E-state index contributed by atoms with van der Waals surface area (Å²) < 4.78 is 0. The van der Waals surface area contributed by atoms with Crippen molar-refractivity contribution in [1.82, 2.24) is 0 Å². The maximum atomic E-state index is 12.1. The minimum absolute atomic E-state index is 0.0102. The fourth-order valence-corrected chi connectivity index (χ4v) is 2.72. The third kappa shape index (κ3) is 7.40. The molecule has 0 spiro atoms. The van der Waals surface area contributed by atoms with Crippen LogP contribution in [0.1, 0.15) is 87.1 Å². The second kappa shape index (κ2) is 10.9. The fourth-order valence-electron chi connectivity index (χ4n) is 2.72. The van der Waals surface area contributed by atoms with Crippen LogP contribution in [-0.4, -0.2) is 10.7 Å². The predicted octanol–water partition coefficient (Wildman–Crippen LogP) is 6.01. The van der Waals surface area contributed by atoms with E-state index in [-0.39, 0.29) is 11.5 Å². The molecule has 0 atom stereocenters. The average molecular weight is 319 g/mol. The van der Waals surface area contributed by atoms with Gasteiger partial charge in [0, 0.05) is 23.6 Å². The number of carbonyl (C=O) groups is 1. The minimum atomic E-state index is -0.426. The standard InChI is InChI=1S/C19H29NO3/c1-3-4-5-6-7-8-9-10-11-12-19(21)17-14-13-16(2)18(15-17)20(22)23/h13-15H,3-12H2,1-2H3. The number of nitrogens with zero attached hydrogens (tertiary/aromatic N) is 1. The molecule has 1 rings (SSSR count). The van der Waals surface area contributed by atoms with Gasteiger partial charge in [-0.3, -0.25) is 14.9 Å². The zero-order valence-electron chi connectivity index (χ0n) is 14.5. The summed E-state index contributed by atoms with van der Waals surface area (Å²) in [6, 6.07) is 4.76. The Morgan fingerprint density at radius 1 is 1.00 bits per heavy atom. The number of ketones is 1. The number of aryl methyl sites for hydroxylation is 1. The van der Waals surface area contributed by atoms with E-state index in [1.807, 2.05) is 0 Å². The van der Waals surface area contributed by atoms with E-state index in [0.29, 0.717) is 17.5 Å². The van der Waals surface area contributed by atoms with Crippen LogP contribution >= 0.6 is 0 Å². The van der Waals surface area contributed by atoms with Gasteiger partial charge in [-0.15, -0.1) is 0 Å². The molecule has 23 heavy (non-hydrogen) atoms. The number of unbranched alkanes of at least 4 members (excludes halogenated alkanes) is 8. The summed E-state index contributed by atoms with van der Waals surface area (Å²) in [5, 5.41) is 10.9. The van der Waals surface area contributed by atoms with Crippen molar-refractivity contribution in [2.24, 2.45) is 0 Å². The summed E-state index contributed by atoms with van der Waals surface area (Å²) in [6.07, 6.45) is 11.4. The Hall–Kier alpha value is -1.71. The second-order valence-electron chi connectivity index (χ2n) is 6.26. The van der Waals surface area contributed by atoms with Crippen LogP contribution in [-0.2, 0) is 0 Å². The van der Waals surface area contributed by atoms with E-state index in [9.17, 15) is 14.9 Å². The highest BCUT2D eigenvalue weighted by Crippen LogP contribution is 2.21. The zero-order valence-corrected chi connectivity index (χ0v) is 14.5. The molecule has 0 aliphatic rings. The molecule has 0 radical (unpaired) electrons. The molecule has 0 bridgehead atoms. The van der Waals surface area contributed by atoms with Crippen LogP contribution in [0, 0.1) is 17.0 Å². The van der Waals surface area contributed by atoms with Gasteiger partial charge < -0.3 is 0 Å². The van der Waals surface area contributed by atoms with E-state index < -0.39 is 4.92 Å². The van der Waals surface area contributed by atoms with Crippen molar-refractivity contribution in [2.45, 2.75) is 78.1 Å². The van der Waals surface area contributed by atoms with Gasteiger partial charge >= 0.3 is 0 Å². The molecule has 128 valence electrons. The van der Waals surface area contributed by atoms with Gasteiger partial charge in [-0.1, -0.05) is 70.4 Å². The van der Waals surface area contributed by atoms with Crippen LogP contribution < -0.4 is 0 Å². The average Bonchev–Trinajstić information content (AvgIpc) is 2.53. The Morgan fingerprint density at radius 2 is 1.57 bits per heavy atom. The van der Waals surface area contributed by atoms with Crippen molar-refractivity contribution in [2.75, 3.05) is 0 Å². The van der Waals surface area contributed by atoms with Crippen LogP contribution in [0.5, 0.6) is 0 Å². The molecule has 0 heterocycles. The van der Waals surface area contributed by atoms with Gasteiger partial charge in [0.1, 0.15) is 0 Å². The SMILES string of the molecule is CCCCCCCCCCCC(=O)c1ccc(C)c([N+](=O)[O-])c1. The Balaban J connectivity index is 2.24. The van der Waals surface area contributed by atoms with Gasteiger partial charge in [0.05, 0.1) is 4.92 Å². The molecule has 0 unspecified atom stereocenters. The topological polar surface area (TPSA) is 60.2 Å². The van der Waals surface area contributed by atoms with Crippen LogP contribution in [0.15, 0.2) is 18.2 Å². The largest absolute Gasteiger partial charge is 0.294 e. The van der Waals surface area contributed by atoms with E-state index >= 15 is 0 Å². The van der Waals surface area contributed by atoms with Gasteiger partial charge in [0.2, 0.25) is 0 Å². The third-order valence-electron chi connectivity index (χ3n) is 4.24. The number of hydrogen-bond donors (Lipinski definition) is 0. The summed E-state index contributed by atoms with van der Waals surface area (Å²) >= 11 is 0. The van der Waals surface area contributed by atoms with Crippen LogP contribution in [0.3, 0.4) is 0 Å². The van der Waals surface area contributed by atoms with Gasteiger partial charge in [0.25, 0.3) is 5.69 Å². The summed E-state index contributed by atoms with van der Waals surface area (Å²) in [5.74, 6) is 0.0102. The van der Waals surface area contributed by atoms with Crippen molar-refractivity contribution >= 4 is 11.5 Å². The lowest BCUT2D eigenvalue weighted by molar-refractivity contribution is -0.385. The molecule has 1 aromatic rings.